The second kappa shape index (κ2) is 13.7. The van der Waals surface area contributed by atoms with Crippen molar-refractivity contribution in [1.29, 1.82) is 0 Å². The zero-order valence-corrected chi connectivity index (χ0v) is 13.7. The molecule has 0 fully saturated rings. The van der Waals surface area contributed by atoms with E-state index < -0.39 is 5.97 Å². The molecule has 0 heterocycles. The van der Waals surface area contributed by atoms with Gasteiger partial charge in [0.25, 0.3) is 0 Å². The molecule has 0 aromatic heterocycles. The van der Waals surface area contributed by atoms with E-state index in [4.69, 9.17) is 20.1 Å². The number of ether oxygens (including phenoxy) is 1. The number of carboxylic acids is 1. The van der Waals surface area contributed by atoms with Gasteiger partial charge in [-0.2, -0.15) is 0 Å². The maximum Gasteiger partial charge on any atom is 0.359 e. The molecule has 0 aliphatic rings. The summed E-state index contributed by atoms with van der Waals surface area (Å²) in [5.41, 5.74) is 0. The molecule has 0 aromatic carbocycles. The third-order valence-electron chi connectivity index (χ3n) is 3.65. The molecule has 6 heteroatoms. The van der Waals surface area contributed by atoms with Gasteiger partial charge in [-0.05, 0) is 12.8 Å². The summed E-state index contributed by atoms with van der Waals surface area (Å²) in [6.45, 7) is 3.98. The van der Waals surface area contributed by atoms with E-state index in [1.807, 2.05) is 0 Å². The van der Waals surface area contributed by atoms with Crippen LogP contribution in [0.15, 0.2) is 12.2 Å². The number of aliphatic hydroxyl groups excluding tert-OH is 2. The largest absolute Gasteiger partial charge is 0.477 e. The normalized spacial score (nSPS) is 12.1. The van der Waals surface area contributed by atoms with Crippen LogP contribution in [-0.2, 0) is 9.53 Å². The fourth-order valence-corrected chi connectivity index (χ4v) is 2.35. The van der Waals surface area contributed by atoms with Crippen molar-refractivity contribution in [3.8, 4) is 0 Å². The number of quaternary nitrogens is 1. The van der Waals surface area contributed by atoms with Gasteiger partial charge >= 0.3 is 5.97 Å². The average Bonchev–Trinajstić information content (AvgIpc) is 2.45. The number of carboxylic acid groups (broad SMARTS) is 1. The predicted molar refractivity (Wildman–Crippen MR) is 85.6 cm³/mol. The van der Waals surface area contributed by atoms with Gasteiger partial charge in [-0.1, -0.05) is 31.9 Å². The molecule has 0 atom stereocenters. The van der Waals surface area contributed by atoms with E-state index in [2.05, 4.69) is 19.1 Å². The van der Waals surface area contributed by atoms with Crippen molar-refractivity contribution >= 4 is 5.97 Å². The number of aliphatic hydroxyl groups is 2. The van der Waals surface area contributed by atoms with Gasteiger partial charge in [-0.25, -0.2) is 4.79 Å². The second-order valence-corrected chi connectivity index (χ2v) is 5.53. The lowest BCUT2D eigenvalue weighted by atomic mass is 10.2. The standard InChI is InChI=1S/C16H31NO5/c1-2-3-4-5-6-7-13-22-14-10-17(8-11-18,9-12-19)15-16(20)21/h5-6,18-19H,2-4,7-15H2,1H3/p+1/b6-5+. The summed E-state index contributed by atoms with van der Waals surface area (Å²) in [6, 6.07) is 0. The van der Waals surface area contributed by atoms with E-state index in [0.29, 0.717) is 32.8 Å². The summed E-state index contributed by atoms with van der Waals surface area (Å²) in [5.74, 6) is -0.930. The first-order valence-electron chi connectivity index (χ1n) is 8.11. The van der Waals surface area contributed by atoms with Gasteiger partial charge in [0.2, 0.25) is 0 Å². The van der Waals surface area contributed by atoms with Gasteiger partial charge in [0.1, 0.15) is 19.6 Å². The monoisotopic (exact) mass is 318 g/mol. The Labute approximate surface area is 133 Å². The lowest BCUT2D eigenvalue weighted by molar-refractivity contribution is -0.922. The van der Waals surface area contributed by atoms with Gasteiger partial charge in [-0.3, -0.25) is 0 Å². The molecular weight excluding hydrogens is 286 g/mol. The molecule has 0 radical (unpaired) electrons. The highest BCUT2D eigenvalue weighted by Crippen LogP contribution is 2.06. The number of aliphatic carboxylic acids is 1. The molecule has 0 saturated heterocycles. The minimum Gasteiger partial charge on any atom is -0.477 e. The van der Waals surface area contributed by atoms with Crippen LogP contribution in [0.2, 0.25) is 0 Å². The van der Waals surface area contributed by atoms with E-state index in [1.54, 1.807) is 0 Å². The highest BCUT2D eigenvalue weighted by Gasteiger charge is 2.29. The zero-order valence-electron chi connectivity index (χ0n) is 13.7. The summed E-state index contributed by atoms with van der Waals surface area (Å²) in [7, 11) is 0. The maximum atomic E-state index is 11.0. The third kappa shape index (κ3) is 10.7. The topological polar surface area (TPSA) is 87.0 Å². The number of hydrogen-bond acceptors (Lipinski definition) is 4. The van der Waals surface area contributed by atoms with Crippen LogP contribution in [0.4, 0.5) is 0 Å². The van der Waals surface area contributed by atoms with Crippen molar-refractivity contribution in [2.45, 2.75) is 32.6 Å². The summed E-state index contributed by atoms with van der Waals surface area (Å²) in [4.78, 5) is 11.0. The molecule has 0 aliphatic heterocycles. The molecule has 6 nitrogen and oxygen atoms in total. The third-order valence-corrected chi connectivity index (χ3v) is 3.65. The zero-order chi connectivity index (χ0) is 16.7. The number of rotatable bonds is 15. The fourth-order valence-electron chi connectivity index (χ4n) is 2.35. The van der Waals surface area contributed by atoms with Crippen LogP contribution in [-0.4, -0.2) is 78.4 Å². The summed E-state index contributed by atoms with van der Waals surface area (Å²) < 4.78 is 5.69. The smallest absolute Gasteiger partial charge is 0.359 e. The van der Waals surface area contributed by atoms with Crippen LogP contribution in [0.1, 0.15) is 32.6 Å². The number of allylic oxidation sites excluding steroid dienone is 1. The van der Waals surface area contributed by atoms with E-state index in [1.165, 1.54) is 12.8 Å². The van der Waals surface area contributed by atoms with Crippen molar-refractivity contribution in [3.05, 3.63) is 12.2 Å². The van der Waals surface area contributed by atoms with Crippen LogP contribution >= 0.6 is 0 Å². The van der Waals surface area contributed by atoms with Gasteiger partial charge < -0.3 is 24.5 Å². The van der Waals surface area contributed by atoms with E-state index in [-0.39, 0.29) is 24.2 Å². The first-order valence-corrected chi connectivity index (χ1v) is 8.11. The molecule has 0 amide bonds. The summed E-state index contributed by atoms with van der Waals surface area (Å²) in [5, 5.41) is 27.3. The Hall–Kier alpha value is -0.950. The molecule has 0 aromatic rings. The van der Waals surface area contributed by atoms with Crippen LogP contribution in [0, 0.1) is 0 Å². The predicted octanol–water partition coefficient (Wildman–Crippen LogP) is 1.03. The van der Waals surface area contributed by atoms with Crippen LogP contribution in [0.25, 0.3) is 0 Å². The Morgan fingerprint density at radius 3 is 2.23 bits per heavy atom. The van der Waals surface area contributed by atoms with Gasteiger partial charge in [0, 0.05) is 0 Å². The second-order valence-electron chi connectivity index (χ2n) is 5.53. The van der Waals surface area contributed by atoms with Crippen molar-refractivity contribution in [2.24, 2.45) is 0 Å². The van der Waals surface area contributed by atoms with Crippen molar-refractivity contribution < 1.29 is 29.3 Å². The molecule has 22 heavy (non-hydrogen) atoms. The highest BCUT2D eigenvalue weighted by atomic mass is 16.5. The minimum atomic E-state index is -0.930. The summed E-state index contributed by atoms with van der Waals surface area (Å²) in [6.07, 6.45) is 8.62. The highest BCUT2D eigenvalue weighted by molar-refractivity contribution is 5.67. The van der Waals surface area contributed by atoms with Crippen molar-refractivity contribution in [3.63, 3.8) is 0 Å². The van der Waals surface area contributed by atoms with Crippen molar-refractivity contribution in [1.82, 2.24) is 0 Å². The minimum absolute atomic E-state index is 0.104. The Morgan fingerprint density at radius 1 is 1.05 bits per heavy atom. The maximum absolute atomic E-state index is 11.0. The van der Waals surface area contributed by atoms with Gasteiger partial charge in [-0.15, -0.1) is 0 Å². The van der Waals surface area contributed by atoms with Crippen molar-refractivity contribution in [2.75, 3.05) is 52.6 Å². The van der Waals surface area contributed by atoms with Crippen LogP contribution in [0.3, 0.4) is 0 Å². The molecule has 0 spiro atoms. The Balaban J connectivity index is 4.06. The van der Waals surface area contributed by atoms with Gasteiger partial charge in [0.15, 0.2) is 6.54 Å². The molecule has 0 aliphatic carbocycles. The molecule has 3 N–H and O–H groups in total. The van der Waals surface area contributed by atoms with Crippen LogP contribution < -0.4 is 0 Å². The van der Waals surface area contributed by atoms with E-state index in [9.17, 15) is 4.79 Å². The number of unbranched alkanes of at least 4 members (excludes halogenated alkanes) is 2. The molecule has 0 unspecified atom stereocenters. The Bertz CT molecular complexity index is 301. The number of nitrogens with zero attached hydrogens (tertiary/aromatic N) is 1. The molecule has 0 bridgehead atoms. The number of carbonyl (C=O) groups is 1. The first-order chi connectivity index (χ1) is 10.6. The average molecular weight is 318 g/mol. The Kier molecular flexibility index (Phi) is 13.1. The Morgan fingerprint density at radius 2 is 1.68 bits per heavy atom. The molecule has 0 rings (SSSR count). The molecule has 130 valence electrons. The SMILES string of the molecule is CCCC/C=C/CCOCC[N+](CCO)(CCO)CC(=O)O. The first kappa shape index (κ1) is 21.0. The summed E-state index contributed by atoms with van der Waals surface area (Å²) >= 11 is 0. The lowest BCUT2D eigenvalue weighted by Crippen LogP contribution is -2.56. The quantitative estimate of drug-likeness (QED) is 0.238. The van der Waals surface area contributed by atoms with Crippen LogP contribution in [0.5, 0.6) is 0 Å². The lowest BCUT2D eigenvalue weighted by Gasteiger charge is -2.36. The fraction of sp³-hybridized carbons (Fsp3) is 0.812. The van der Waals surface area contributed by atoms with E-state index in [0.717, 1.165) is 12.8 Å². The number of hydrogen-bond donors (Lipinski definition) is 3. The van der Waals surface area contributed by atoms with E-state index >= 15 is 0 Å². The van der Waals surface area contributed by atoms with Gasteiger partial charge in [0.05, 0.1) is 26.4 Å². The molecular formula is C16H32NO5+. The molecule has 0 saturated carbocycles.